The molecular weight excluding hydrogens is 685 g/mol. The van der Waals surface area contributed by atoms with Crippen molar-refractivity contribution in [1.82, 2.24) is 9.13 Å². The molecule has 0 spiro atoms. The van der Waals surface area contributed by atoms with E-state index in [1.54, 1.807) is 0 Å². The molecule has 0 N–H and O–H groups in total. The van der Waals surface area contributed by atoms with Gasteiger partial charge in [0, 0.05) is 48.4 Å². The van der Waals surface area contributed by atoms with Crippen LogP contribution in [0.4, 0.5) is 0 Å². The van der Waals surface area contributed by atoms with Crippen molar-refractivity contribution < 1.29 is 0 Å². The van der Waals surface area contributed by atoms with Gasteiger partial charge in [-0.1, -0.05) is 140 Å². The highest BCUT2D eigenvalue weighted by atomic mass is 32.1. The van der Waals surface area contributed by atoms with Gasteiger partial charge in [0.05, 0.1) is 26.8 Å². The van der Waals surface area contributed by atoms with Gasteiger partial charge in [0.15, 0.2) is 0 Å². The smallest absolute Gasteiger partial charge is 0.0741 e. The quantitative estimate of drug-likeness (QED) is 0.172. The van der Waals surface area contributed by atoms with Gasteiger partial charge < -0.3 is 9.13 Å². The lowest BCUT2D eigenvalue weighted by Crippen LogP contribution is -1.96. The Kier molecular flexibility index (Phi) is 5.80. The van der Waals surface area contributed by atoms with Crippen molar-refractivity contribution in [2.75, 3.05) is 0 Å². The molecule has 0 radical (unpaired) electrons. The summed E-state index contributed by atoms with van der Waals surface area (Å²) in [6, 6.07) is 67.4. The summed E-state index contributed by atoms with van der Waals surface area (Å²) in [6.07, 6.45) is 0. The Bertz CT molecular complexity index is 3570. The van der Waals surface area contributed by atoms with Crippen molar-refractivity contribution in [2.45, 2.75) is 0 Å². The zero-order chi connectivity index (χ0) is 35.8. The van der Waals surface area contributed by atoms with Gasteiger partial charge in [-0.05, 0) is 86.6 Å². The molecule has 0 atom stereocenters. The predicted molar refractivity (Wildman–Crippen MR) is 235 cm³/mol. The number of hydrogen-bond acceptors (Lipinski definition) is 1. The maximum atomic E-state index is 2.56. The highest BCUT2D eigenvalue weighted by molar-refractivity contribution is 7.27. The summed E-state index contributed by atoms with van der Waals surface area (Å²) < 4.78 is 7.70. The van der Waals surface area contributed by atoms with E-state index in [0.29, 0.717) is 0 Å². The summed E-state index contributed by atoms with van der Waals surface area (Å²) in [4.78, 5) is 0. The largest absolute Gasteiger partial charge is 0.308 e. The fraction of sp³-hybridized carbons (Fsp3) is 0. The number of benzene rings is 9. The minimum absolute atomic E-state index is 1.16. The summed E-state index contributed by atoms with van der Waals surface area (Å²) in [6.45, 7) is 0. The lowest BCUT2D eigenvalue weighted by Gasteiger charge is -2.14. The van der Waals surface area contributed by atoms with Crippen LogP contribution in [0.3, 0.4) is 0 Å². The highest BCUT2D eigenvalue weighted by Crippen LogP contribution is 2.52. The number of fused-ring (bicyclic) bond motifs is 15. The lowest BCUT2D eigenvalue weighted by molar-refractivity contribution is 1.18. The summed E-state index contributed by atoms with van der Waals surface area (Å²) in [7, 11) is 0. The molecule has 1 aliphatic carbocycles. The van der Waals surface area contributed by atoms with Gasteiger partial charge in [-0.15, -0.1) is 11.3 Å². The molecule has 3 aromatic heterocycles. The first-order chi connectivity index (χ1) is 27.3. The fourth-order valence-corrected chi connectivity index (χ4v) is 11.1. The monoisotopic (exact) mass is 714 g/mol. The van der Waals surface area contributed by atoms with E-state index in [9.17, 15) is 0 Å². The Morgan fingerprint density at radius 1 is 0.327 bits per heavy atom. The third kappa shape index (κ3) is 3.82. The Balaban J connectivity index is 1.19. The second kappa shape index (κ2) is 10.8. The Morgan fingerprint density at radius 3 is 1.69 bits per heavy atom. The molecule has 0 aliphatic heterocycles. The van der Waals surface area contributed by atoms with Crippen LogP contribution in [0.15, 0.2) is 182 Å². The first kappa shape index (κ1) is 29.5. The van der Waals surface area contributed by atoms with Crippen molar-refractivity contribution in [3.8, 4) is 44.8 Å². The molecule has 13 rings (SSSR count). The van der Waals surface area contributed by atoms with Crippen LogP contribution >= 0.6 is 11.3 Å². The minimum Gasteiger partial charge on any atom is -0.308 e. The SMILES string of the molecule is c1ccc(-n2c3ccccc3c3c2c2sc4ccccc4c2c2c4ccccc4n(-c4cccc(-c5ccc6c7c(cccc57)-c5ccccc5-6)c4)c23)cc1. The molecule has 0 saturated carbocycles. The maximum Gasteiger partial charge on any atom is 0.0741 e. The Hall–Kier alpha value is -6.94. The Morgan fingerprint density at radius 2 is 0.891 bits per heavy atom. The topological polar surface area (TPSA) is 9.86 Å². The van der Waals surface area contributed by atoms with E-state index in [4.69, 9.17) is 0 Å². The zero-order valence-electron chi connectivity index (χ0n) is 29.6. The molecule has 9 aromatic carbocycles. The van der Waals surface area contributed by atoms with Crippen molar-refractivity contribution >= 4 is 85.9 Å². The predicted octanol–water partition coefficient (Wildman–Crippen LogP) is 14.7. The second-order valence-corrected chi connectivity index (χ2v) is 15.8. The van der Waals surface area contributed by atoms with E-state index in [2.05, 4.69) is 191 Å². The van der Waals surface area contributed by atoms with Gasteiger partial charge in [-0.25, -0.2) is 0 Å². The van der Waals surface area contributed by atoms with Crippen molar-refractivity contribution in [3.63, 3.8) is 0 Å². The molecule has 1 aliphatic rings. The van der Waals surface area contributed by atoms with E-state index < -0.39 is 0 Å². The fourth-order valence-electron chi connectivity index (χ4n) is 9.87. The van der Waals surface area contributed by atoms with E-state index in [0.717, 1.165) is 5.69 Å². The number of nitrogens with zero attached hydrogens (tertiary/aromatic N) is 2. The summed E-state index contributed by atoms with van der Waals surface area (Å²) in [5.74, 6) is 0. The van der Waals surface area contributed by atoms with E-state index in [1.165, 1.54) is 114 Å². The van der Waals surface area contributed by atoms with Crippen LogP contribution in [0.1, 0.15) is 0 Å². The van der Waals surface area contributed by atoms with Crippen LogP contribution < -0.4 is 0 Å². The third-order valence-electron chi connectivity index (χ3n) is 12.0. The molecule has 3 heteroatoms. The maximum absolute atomic E-state index is 2.56. The number of aromatic nitrogens is 2. The molecule has 0 bridgehead atoms. The third-order valence-corrected chi connectivity index (χ3v) is 13.2. The summed E-state index contributed by atoms with van der Waals surface area (Å²) in [5, 5.41) is 10.4. The van der Waals surface area contributed by atoms with Crippen LogP contribution in [-0.4, -0.2) is 9.13 Å². The number of para-hydroxylation sites is 3. The van der Waals surface area contributed by atoms with Crippen LogP contribution in [-0.2, 0) is 0 Å². The molecule has 0 amide bonds. The summed E-state index contributed by atoms with van der Waals surface area (Å²) in [5.41, 5.74) is 15.1. The standard InChI is InChI=1S/C52H30N2S/c1-2-15-32(16-3-1)53-44-26-10-7-21-41(44)49-50-47(48-42-22-8-11-27-45(42)55-52(48)51(49)53)40-20-6-9-25-43(40)54(50)33-17-12-14-31(30-33)34-28-29-39-36-19-5-4-18-35(36)38-24-13-23-37(34)46(38)39/h1-30H. The van der Waals surface area contributed by atoms with Crippen LogP contribution in [0.2, 0.25) is 0 Å². The average Bonchev–Trinajstić information content (AvgIpc) is 3.99. The molecule has 2 nitrogen and oxygen atoms in total. The zero-order valence-corrected chi connectivity index (χ0v) is 30.4. The first-order valence-electron chi connectivity index (χ1n) is 18.9. The number of thiophene rings is 1. The molecule has 0 unspecified atom stereocenters. The normalized spacial score (nSPS) is 12.4. The van der Waals surface area contributed by atoms with Gasteiger partial charge in [-0.2, -0.15) is 0 Å². The van der Waals surface area contributed by atoms with Crippen LogP contribution in [0.5, 0.6) is 0 Å². The van der Waals surface area contributed by atoms with Gasteiger partial charge in [0.2, 0.25) is 0 Å². The first-order valence-corrected chi connectivity index (χ1v) is 19.8. The second-order valence-electron chi connectivity index (χ2n) is 14.8. The molecule has 254 valence electrons. The van der Waals surface area contributed by atoms with Gasteiger partial charge in [-0.3, -0.25) is 0 Å². The molecule has 55 heavy (non-hydrogen) atoms. The van der Waals surface area contributed by atoms with Crippen molar-refractivity contribution in [3.05, 3.63) is 182 Å². The average molecular weight is 715 g/mol. The lowest BCUT2D eigenvalue weighted by atomic mass is 9.94. The Labute approximate surface area is 320 Å². The van der Waals surface area contributed by atoms with E-state index in [1.807, 2.05) is 11.3 Å². The number of rotatable bonds is 3. The van der Waals surface area contributed by atoms with Crippen molar-refractivity contribution in [2.24, 2.45) is 0 Å². The van der Waals surface area contributed by atoms with Crippen molar-refractivity contribution in [1.29, 1.82) is 0 Å². The molecule has 0 fully saturated rings. The molecular formula is C52H30N2S. The van der Waals surface area contributed by atoms with Crippen LogP contribution in [0, 0.1) is 0 Å². The van der Waals surface area contributed by atoms with Gasteiger partial charge in [0.25, 0.3) is 0 Å². The highest BCUT2D eigenvalue weighted by Gasteiger charge is 2.27. The molecule has 12 aromatic rings. The van der Waals surface area contributed by atoms with E-state index >= 15 is 0 Å². The van der Waals surface area contributed by atoms with Gasteiger partial charge >= 0.3 is 0 Å². The molecule has 3 heterocycles. The molecule has 0 saturated heterocycles. The van der Waals surface area contributed by atoms with Gasteiger partial charge in [0.1, 0.15) is 0 Å². The summed E-state index contributed by atoms with van der Waals surface area (Å²) >= 11 is 1.92. The minimum atomic E-state index is 1.16. The van der Waals surface area contributed by atoms with E-state index in [-0.39, 0.29) is 0 Å². The number of hydrogen-bond donors (Lipinski definition) is 0. The van der Waals surface area contributed by atoms with Crippen LogP contribution in [0.25, 0.3) is 119 Å².